The molecule has 8 heteroatoms. The van der Waals surface area contributed by atoms with Gasteiger partial charge in [0, 0.05) is 48.5 Å². The Bertz CT molecular complexity index is 1800. The number of benzene rings is 4. The number of aryl methyl sites for hydroxylation is 1. The topological polar surface area (TPSA) is 112 Å². The number of nitrogens with two attached hydrogens (primary N) is 1. The van der Waals surface area contributed by atoms with Crippen LogP contribution in [0.1, 0.15) is 37.5 Å². The van der Waals surface area contributed by atoms with Gasteiger partial charge < -0.3 is 25.4 Å². The van der Waals surface area contributed by atoms with Gasteiger partial charge in [-0.1, -0.05) is 42.5 Å². The van der Waals surface area contributed by atoms with E-state index in [1.54, 1.807) is 50.9 Å². The van der Waals surface area contributed by atoms with Crippen LogP contribution in [0.3, 0.4) is 0 Å². The average molecular weight is 573 g/mol. The number of anilines is 2. The maximum atomic E-state index is 14.1. The van der Waals surface area contributed by atoms with Gasteiger partial charge in [-0.15, -0.1) is 0 Å². The van der Waals surface area contributed by atoms with Crippen molar-refractivity contribution in [1.29, 1.82) is 0 Å². The summed E-state index contributed by atoms with van der Waals surface area (Å²) in [6, 6.07) is 30.0. The Hall–Kier alpha value is -5.34. The number of hydrogen-bond acceptors (Lipinski definition) is 5. The number of hydrogen-bond donors (Lipinski definition) is 3. The molecule has 4 N–H and O–H groups in total. The van der Waals surface area contributed by atoms with Crippen LogP contribution < -0.4 is 10.6 Å². The molecule has 0 saturated heterocycles. The van der Waals surface area contributed by atoms with Crippen LogP contribution in [0.4, 0.5) is 11.4 Å². The number of carbonyl (C=O) groups is 2. The molecule has 4 aromatic carbocycles. The van der Waals surface area contributed by atoms with Gasteiger partial charge in [0.25, 0.3) is 11.8 Å². The molecule has 5 aromatic rings. The van der Waals surface area contributed by atoms with Gasteiger partial charge in [0.15, 0.2) is 0 Å². The molecule has 43 heavy (non-hydrogen) atoms. The molecule has 8 nitrogen and oxygen atoms in total. The molecule has 0 bridgehead atoms. The molecule has 1 aromatic heterocycles. The molecule has 2 heterocycles. The third-order valence-electron chi connectivity index (χ3n) is 7.94. The number of para-hydroxylation sites is 1. The van der Waals surface area contributed by atoms with Crippen molar-refractivity contribution < 1.29 is 19.8 Å². The molecule has 0 spiro atoms. The Kier molecular flexibility index (Phi) is 7.44. The first kappa shape index (κ1) is 27.8. The molecule has 2 amide bonds. The number of nitrogens with zero attached hydrogens (tertiary/aromatic N) is 3. The van der Waals surface area contributed by atoms with E-state index < -0.39 is 0 Å². The van der Waals surface area contributed by atoms with E-state index >= 15 is 0 Å². The summed E-state index contributed by atoms with van der Waals surface area (Å²) in [5.41, 5.74) is 11.6. The Balaban J connectivity index is 1.39. The first-order chi connectivity index (χ1) is 20.8. The largest absolute Gasteiger partial charge is 0.508 e. The summed E-state index contributed by atoms with van der Waals surface area (Å²) in [7, 11) is 0. The summed E-state index contributed by atoms with van der Waals surface area (Å²) < 4.78 is 1.76. The van der Waals surface area contributed by atoms with Crippen LogP contribution in [-0.4, -0.2) is 44.1 Å². The van der Waals surface area contributed by atoms with Crippen molar-refractivity contribution >= 4 is 23.2 Å². The summed E-state index contributed by atoms with van der Waals surface area (Å²) in [6.45, 7) is 2.61. The Labute approximate surface area is 249 Å². The minimum absolute atomic E-state index is 0.00176. The second-order valence-electron chi connectivity index (χ2n) is 10.7. The van der Waals surface area contributed by atoms with Crippen LogP contribution >= 0.6 is 0 Å². The van der Waals surface area contributed by atoms with Crippen molar-refractivity contribution in [2.24, 2.45) is 5.73 Å². The average Bonchev–Trinajstić information content (AvgIpc) is 3.43. The highest BCUT2D eigenvalue weighted by molar-refractivity contribution is 6.11. The molecule has 6 rings (SSSR count). The van der Waals surface area contributed by atoms with E-state index in [1.165, 1.54) is 23.8 Å². The summed E-state index contributed by atoms with van der Waals surface area (Å²) in [5.74, 6) is -0.387. The monoisotopic (exact) mass is 572 g/mol. The van der Waals surface area contributed by atoms with Gasteiger partial charge in [0.1, 0.15) is 11.5 Å². The van der Waals surface area contributed by atoms with Crippen LogP contribution in [0, 0.1) is 6.92 Å². The van der Waals surface area contributed by atoms with Gasteiger partial charge in [-0.25, -0.2) is 0 Å². The number of aromatic hydroxyl groups is 2. The zero-order chi connectivity index (χ0) is 30.1. The highest BCUT2D eigenvalue weighted by Gasteiger charge is 2.31. The number of fused-ring (bicyclic) bond motifs is 1. The molecule has 0 unspecified atom stereocenters. The lowest BCUT2D eigenvalue weighted by Gasteiger charge is -2.37. The fourth-order valence-electron chi connectivity index (χ4n) is 5.73. The Morgan fingerprint density at radius 1 is 0.837 bits per heavy atom. The van der Waals surface area contributed by atoms with E-state index in [4.69, 9.17) is 5.73 Å². The second kappa shape index (κ2) is 11.5. The number of rotatable bonds is 6. The minimum Gasteiger partial charge on any atom is -0.508 e. The quantitative estimate of drug-likeness (QED) is 0.242. The molecule has 1 atom stereocenters. The SMILES string of the molecule is Cc1cc(C(=O)N(c2ccccc2)c2ccc(O)cc2)cn1-c1cc(O)ccc1C(=O)N1Cc2ccccc2C[C@H]1CN. The van der Waals surface area contributed by atoms with Gasteiger partial charge in [-0.3, -0.25) is 14.5 Å². The van der Waals surface area contributed by atoms with Crippen LogP contribution in [-0.2, 0) is 13.0 Å². The second-order valence-corrected chi connectivity index (χ2v) is 10.7. The van der Waals surface area contributed by atoms with Crippen molar-refractivity contribution in [3.8, 4) is 17.2 Å². The summed E-state index contributed by atoms with van der Waals surface area (Å²) in [4.78, 5) is 31.6. The predicted molar refractivity (Wildman–Crippen MR) is 166 cm³/mol. The zero-order valence-corrected chi connectivity index (χ0v) is 23.7. The first-order valence-electron chi connectivity index (χ1n) is 14.1. The van der Waals surface area contributed by atoms with E-state index in [9.17, 15) is 19.8 Å². The molecule has 0 radical (unpaired) electrons. The van der Waals surface area contributed by atoms with Crippen LogP contribution in [0.5, 0.6) is 11.5 Å². The third kappa shape index (κ3) is 5.36. The van der Waals surface area contributed by atoms with Crippen molar-refractivity contribution in [3.05, 3.63) is 137 Å². The molecule has 0 aliphatic carbocycles. The normalized spacial score (nSPS) is 14.3. The zero-order valence-electron chi connectivity index (χ0n) is 23.7. The highest BCUT2D eigenvalue weighted by atomic mass is 16.3. The van der Waals surface area contributed by atoms with Gasteiger partial charge >= 0.3 is 0 Å². The molecule has 0 saturated carbocycles. The van der Waals surface area contributed by atoms with Gasteiger partial charge in [0.2, 0.25) is 0 Å². The number of phenols is 2. The molecule has 0 fully saturated rings. The van der Waals surface area contributed by atoms with Crippen molar-refractivity contribution in [2.45, 2.75) is 25.9 Å². The summed E-state index contributed by atoms with van der Waals surface area (Å²) in [5, 5.41) is 20.3. The maximum absolute atomic E-state index is 14.1. The number of phenolic OH excluding ortho intramolecular Hbond substituents is 2. The fraction of sp³-hybridized carbons (Fsp3) is 0.143. The smallest absolute Gasteiger partial charge is 0.264 e. The van der Waals surface area contributed by atoms with Crippen LogP contribution in [0.2, 0.25) is 0 Å². The number of carbonyl (C=O) groups excluding carboxylic acids is 2. The summed E-state index contributed by atoms with van der Waals surface area (Å²) >= 11 is 0. The van der Waals surface area contributed by atoms with E-state index in [-0.39, 0.29) is 29.4 Å². The molecule has 1 aliphatic rings. The van der Waals surface area contributed by atoms with Crippen molar-refractivity contribution in [2.75, 3.05) is 11.4 Å². The lowest BCUT2D eigenvalue weighted by Crippen LogP contribution is -2.48. The molecule has 216 valence electrons. The molecular weight excluding hydrogens is 540 g/mol. The Morgan fingerprint density at radius 2 is 1.49 bits per heavy atom. The Morgan fingerprint density at radius 3 is 2.21 bits per heavy atom. The lowest BCUT2D eigenvalue weighted by atomic mass is 9.93. The third-order valence-corrected chi connectivity index (χ3v) is 7.94. The van der Waals surface area contributed by atoms with Gasteiger partial charge in [0.05, 0.1) is 16.8 Å². The van der Waals surface area contributed by atoms with E-state index in [0.29, 0.717) is 53.4 Å². The summed E-state index contributed by atoms with van der Waals surface area (Å²) in [6.07, 6.45) is 2.35. The van der Waals surface area contributed by atoms with E-state index in [2.05, 4.69) is 6.07 Å². The molecule has 1 aliphatic heterocycles. The van der Waals surface area contributed by atoms with Crippen molar-refractivity contribution in [1.82, 2.24) is 9.47 Å². The minimum atomic E-state index is -0.289. The fourth-order valence-corrected chi connectivity index (χ4v) is 5.73. The van der Waals surface area contributed by atoms with Crippen LogP contribution in [0.25, 0.3) is 5.69 Å². The van der Waals surface area contributed by atoms with Gasteiger partial charge in [-0.2, -0.15) is 0 Å². The van der Waals surface area contributed by atoms with E-state index in [0.717, 1.165) is 5.56 Å². The first-order valence-corrected chi connectivity index (χ1v) is 14.1. The maximum Gasteiger partial charge on any atom is 0.264 e. The number of amides is 2. The van der Waals surface area contributed by atoms with Gasteiger partial charge in [-0.05, 0) is 79.1 Å². The molecular formula is C35H32N4O4. The predicted octanol–water partition coefficient (Wildman–Crippen LogP) is 5.70. The standard InChI is InChI=1S/C35H32N4O4/c1-23-17-26(34(42)39(27-9-3-2-4-10-27)28-11-13-30(40)14-12-28)22-37(23)33-19-31(41)15-16-32(33)35(43)38-21-25-8-6-5-7-24(25)18-29(38)20-36/h2-17,19,22,29,40-41H,18,20-21,36H2,1H3/t29-/m0/s1. The number of aromatic nitrogens is 1. The highest BCUT2D eigenvalue weighted by Crippen LogP contribution is 2.32. The van der Waals surface area contributed by atoms with Crippen molar-refractivity contribution in [3.63, 3.8) is 0 Å². The van der Waals surface area contributed by atoms with Crippen LogP contribution in [0.15, 0.2) is 109 Å². The lowest BCUT2D eigenvalue weighted by molar-refractivity contribution is 0.0647. The van der Waals surface area contributed by atoms with E-state index in [1.807, 2.05) is 55.5 Å².